The van der Waals surface area contributed by atoms with Crippen molar-refractivity contribution in [3.05, 3.63) is 40.2 Å². The molecule has 1 unspecified atom stereocenters. The predicted octanol–water partition coefficient (Wildman–Crippen LogP) is 2.05. The molecule has 0 aliphatic heterocycles. The molecular weight excluding hydrogens is 232 g/mol. The molecule has 0 aliphatic carbocycles. The van der Waals surface area contributed by atoms with E-state index in [1.807, 2.05) is 19.2 Å². The van der Waals surface area contributed by atoms with Crippen LogP contribution in [-0.4, -0.2) is 14.6 Å². The highest BCUT2D eigenvalue weighted by Crippen LogP contribution is 2.20. The molecule has 2 heterocycles. The van der Waals surface area contributed by atoms with Crippen molar-refractivity contribution in [2.45, 2.75) is 32.7 Å². The molecule has 1 atom stereocenters. The van der Waals surface area contributed by atoms with Crippen molar-refractivity contribution in [3.8, 4) is 0 Å². The molecule has 4 nitrogen and oxygen atoms in total. The van der Waals surface area contributed by atoms with Crippen LogP contribution in [0.1, 0.15) is 34.8 Å². The van der Waals surface area contributed by atoms with Gasteiger partial charge in [-0.3, -0.25) is 4.98 Å². The Bertz CT molecular complexity index is 478. The minimum Gasteiger partial charge on any atom is -0.323 e. The first-order chi connectivity index (χ1) is 8.20. The lowest BCUT2D eigenvalue weighted by molar-refractivity contribution is 0.711. The average molecular weight is 248 g/mol. The monoisotopic (exact) mass is 248 g/mol. The van der Waals surface area contributed by atoms with Crippen LogP contribution in [0.5, 0.6) is 0 Å². The molecule has 2 aromatic heterocycles. The number of nitrogens with two attached hydrogens (primary N) is 1. The second-order valence-electron chi connectivity index (χ2n) is 4.04. The van der Waals surface area contributed by atoms with E-state index in [2.05, 4.69) is 27.6 Å². The number of hydrogen-bond donors (Lipinski definition) is 1. The topological polar surface area (TPSA) is 64.7 Å². The summed E-state index contributed by atoms with van der Waals surface area (Å²) >= 11 is 1.37. The highest BCUT2D eigenvalue weighted by molar-refractivity contribution is 7.05. The van der Waals surface area contributed by atoms with E-state index >= 15 is 0 Å². The van der Waals surface area contributed by atoms with Crippen LogP contribution in [0.4, 0.5) is 0 Å². The highest BCUT2D eigenvalue weighted by Gasteiger charge is 2.13. The summed E-state index contributed by atoms with van der Waals surface area (Å²) < 4.78 is 3.90. The molecule has 17 heavy (non-hydrogen) atoms. The van der Waals surface area contributed by atoms with Crippen LogP contribution in [0.25, 0.3) is 0 Å². The van der Waals surface area contributed by atoms with Gasteiger partial charge in [0.05, 0.1) is 10.6 Å². The SMILES string of the molecule is CCc1ccc(CC(N)c2snnc2C)nc1. The minimum atomic E-state index is -0.0602. The molecule has 0 radical (unpaired) electrons. The number of aromatic nitrogens is 3. The summed E-state index contributed by atoms with van der Waals surface area (Å²) in [5.74, 6) is 0. The Labute approximate surface area is 105 Å². The summed E-state index contributed by atoms with van der Waals surface area (Å²) in [7, 11) is 0. The zero-order valence-electron chi connectivity index (χ0n) is 10.1. The molecule has 0 amide bonds. The Hall–Kier alpha value is -1.33. The molecule has 0 spiro atoms. The van der Waals surface area contributed by atoms with Gasteiger partial charge < -0.3 is 5.73 Å². The number of rotatable bonds is 4. The van der Waals surface area contributed by atoms with E-state index < -0.39 is 0 Å². The van der Waals surface area contributed by atoms with E-state index in [-0.39, 0.29) is 6.04 Å². The van der Waals surface area contributed by atoms with E-state index in [0.717, 1.165) is 29.1 Å². The van der Waals surface area contributed by atoms with E-state index in [9.17, 15) is 0 Å². The maximum atomic E-state index is 6.13. The number of hydrogen-bond acceptors (Lipinski definition) is 5. The Morgan fingerprint density at radius 2 is 2.24 bits per heavy atom. The molecule has 5 heteroatoms. The van der Waals surface area contributed by atoms with Gasteiger partial charge >= 0.3 is 0 Å². The fraction of sp³-hybridized carbons (Fsp3) is 0.417. The van der Waals surface area contributed by atoms with Gasteiger partial charge in [-0.05, 0) is 36.5 Å². The third-order valence-electron chi connectivity index (χ3n) is 2.75. The third kappa shape index (κ3) is 2.87. The maximum absolute atomic E-state index is 6.13. The normalized spacial score (nSPS) is 12.6. The molecule has 0 saturated heterocycles. The standard InChI is InChI=1S/C12H16N4S/c1-3-9-4-5-10(14-7-9)6-11(13)12-8(2)15-16-17-12/h4-5,7,11H,3,6,13H2,1-2H3. The van der Waals surface area contributed by atoms with E-state index in [0.29, 0.717) is 0 Å². The first-order valence-corrected chi connectivity index (χ1v) is 6.46. The summed E-state index contributed by atoms with van der Waals surface area (Å²) in [5, 5.41) is 3.97. The predicted molar refractivity (Wildman–Crippen MR) is 68.9 cm³/mol. The second kappa shape index (κ2) is 5.33. The number of nitrogens with zero attached hydrogens (tertiary/aromatic N) is 3. The molecular formula is C12H16N4S. The van der Waals surface area contributed by atoms with Gasteiger partial charge in [0.25, 0.3) is 0 Å². The van der Waals surface area contributed by atoms with Crippen LogP contribution >= 0.6 is 11.5 Å². The van der Waals surface area contributed by atoms with Crippen molar-refractivity contribution in [2.75, 3.05) is 0 Å². The van der Waals surface area contributed by atoms with Crippen molar-refractivity contribution >= 4 is 11.5 Å². The van der Waals surface area contributed by atoms with Crippen LogP contribution in [-0.2, 0) is 12.8 Å². The van der Waals surface area contributed by atoms with Crippen LogP contribution < -0.4 is 5.73 Å². The molecule has 2 N–H and O–H groups in total. The van der Waals surface area contributed by atoms with Gasteiger partial charge in [-0.15, -0.1) is 5.10 Å². The van der Waals surface area contributed by atoms with Crippen molar-refractivity contribution in [1.29, 1.82) is 0 Å². The van der Waals surface area contributed by atoms with Crippen LogP contribution in [0.2, 0.25) is 0 Å². The molecule has 0 fully saturated rings. The first kappa shape index (κ1) is 12.1. The van der Waals surface area contributed by atoms with Crippen molar-refractivity contribution in [3.63, 3.8) is 0 Å². The largest absolute Gasteiger partial charge is 0.323 e. The van der Waals surface area contributed by atoms with Crippen LogP contribution in [0, 0.1) is 6.92 Å². The maximum Gasteiger partial charge on any atom is 0.0772 e. The van der Waals surface area contributed by atoms with Crippen molar-refractivity contribution < 1.29 is 0 Å². The summed E-state index contributed by atoms with van der Waals surface area (Å²) in [6.45, 7) is 4.06. The quantitative estimate of drug-likeness (QED) is 0.899. The fourth-order valence-electron chi connectivity index (χ4n) is 1.68. The lowest BCUT2D eigenvalue weighted by Gasteiger charge is -2.09. The molecule has 2 rings (SSSR count). The number of aryl methyl sites for hydroxylation is 2. The summed E-state index contributed by atoms with van der Waals surface area (Å²) in [6.07, 6.45) is 3.66. The van der Waals surface area contributed by atoms with Crippen LogP contribution in [0.15, 0.2) is 18.3 Å². The lowest BCUT2D eigenvalue weighted by Crippen LogP contribution is -2.13. The van der Waals surface area contributed by atoms with Gasteiger partial charge in [-0.25, -0.2) is 0 Å². The third-order valence-corrected chi connectivity index (χ3v) is 3.70. The molecule has 0 bridgehead atoms. The fourth-order valence-corrected chi connectivity index (χ4v) is 2.32. The zero-order chi connectivity index (χ0) is 12.3. The summed E-state index contributed by atoms with van der Waals surface area (Å²) in [5.41, 5.74) is 9.32. The van der Waals surface area contributed by atoms with E-state index in [4.69, 9.17) is 5.73 Å². The second-order valence-corrected chi connectivity index (χ2v) is 4.83. The highest BCUT2D eigenvalue weighted by atomic mass is 32.1. The summed E-state index contributed by atoms with van der Waals surface area (Å²) in [4.78, 5) is 5.46. The van der Waals surface area contributed by atoms with Gasteiger partial charge in [0.1, 0.15) is 0 Å². The van der Waals surface area contributed by atoms with Crippen molar-refractivity contribution in [2.24, 2.45) is 5.73 Å². The Morgan fingerprint density at radius 1 is 1.41 bits per heavy atom. The molecule has 2 aromatic rings. The zero-order valence-corrected chi connectivity index (χ0v) is 10.9. The van der Waals surface area contributed by atoms with Gasteiger partial charge in [0.2, 0.25) is 0 Å². The molecule has 90 valence electrons. The smallest absolute Gasteiger partial charge is 0.0772 e. The Kier molecular flexibility index (Phi) is 3.81. The Balaban J connectivity index is 2.07. The van der Waals surface area contributed by atoms with Crippen molar-refractivity contribution in [1.82, 2.24) is 14.6 Å². The lowest BCUT2D eigenvalue weighted by atomic mass is 10.1. The minimum absolute atomic E-state index is 0.0602. The van der Waals surface area contributed by atoms with Gasteiger partial charge in [-0.2, -0.15) is 0 Å². The van der Waals surface area contributed by atoms with Gasteiger partial charge in [-0.1, -0.05) is 17.5 Å². The summed E-state index contributed by atoms with van der Waals surface area (Å²) in [6, 6.07) is 4.09. The molecule has 0 aromatic carbocycles. The number of pyridine rings is 1. The molecule has 0 saturated carbocycles. The van der Waals surface area contributed by atoms with Gasteiger partial charge in [0.15, 0.2) is 0 Å². The van der Waals surface area contributed by atoms with Crippen LogP contribution in [0.3, 0.4) is 0 Å². The molecule has 0 aliphatic rings. The Morgan fingerprint density at radius 3 is 2.76 bits per heavy atom. The van der Waals surface area contributed by atoms with E-state index in [1.54, 1.807) is 0 Å². The first-order valence-electron chi connectivity index (χ1n) is 5.69. The average Bonchev–Trinajstić information content (AvgIpc) is 2.76. The van der Waals surface area contributed by atoms with Gasteiger partial charge in [0, 0.05) is 24.4 Å². The van der Waals surface area contributed by atoms with E-state index in [1.165, 1.54) is 17.1 Å².